The SMILES string of the molecule is CCCOC(=O)CC(C)c1ccc2c(c1)OCO2. The number of esters is 1. The molecule has 1 aromatic carbocycles. The van der Waals surface area contributed by atoms with Gasteiger partial charge in [0.1, 0.15) is 0 Å². The maximum Gasteiger partial charge on any atom is 0.306 e. The summed E-state index contributed by atoms with van der Waals surface area (Å²) in [6.45, 7) is 4.75. The van der Waals surface area contributed by atoms with Crippen LogP contribution in [-0.2, 0) is 9.53 Å². The number of benzene rings is 1. The van der Waals surface area contributed by atoms with Crippen molar-refractivity contribution in [1.82, 2.24) is 0 Å². The van der Waals surface area contributed by atoms with Crippen LogP contribution in [0.3, 0.4) is 0 Å². The lowest BCUT2D eigenvalue weighted by Gasteiger charge is -2.11. The van der Waals surface area contributed by atoms with Crippen LogP contribution in [0.15, 0.2) is 18.2 Å². The lowest BCUT2D eigenvalue weighted by molar-refractivity contribution is -0.144. The Labute approximate surface area is 107 Å². The average molecular weight is 250 g/mol. The molecule has 0 saturated heterocycles. The molecular formula is C14H18O4. The maximum absolute atomic E-state index is 11.5. The Morgan fingerprint density at radius 1 is 1.39 bits per heavy atom. The molecule has 0 aromatic heterocycles. The van der Waals surface area contributed by atoms with Crippen molar-refractivity contribution in [3.05, 3.63) is 23.8 Å². The number of hydrogen-bond donors (Lipinski definition) is 0. The second-order valence-electron chi connectivity index (χ2n) is 4.44. The number of fused-ring (bicyclic) bond motifs is 1. The van der Waals surface area contributed by atoms with Crippen LogP contribution in [-0.4, -0.2) is 19.4 Å². The molecule has 0 saturated carbocycles. The summed E-state index contributed by atoms with van der Waals surface area (Å²) in [6, 6.07) is 5.77. The maximum atomic E-state index is 11.5. The van der Waals surface area contributed by atoms with E-state index >= 15 is 0 Å². The van der Waals surface area contributed by atoms with E-state index in [1.54, 1.807) is 0 Å². The van der Waals surface area contributed by atoms with Gasteiger partial charge in [-0.25, -0.2) is 0 Å². The number of hydrogen-bond acceptors (Lipinski definition) is 4. The molecule has 0 fully saturated rings. The van der Waals surface area contributed by atoms with Gasteiger partial charge in [0.25, 0.3) is 0 Å². The van der Waals surface area contributed by atoms with Crippen LogP contribution in [0.4, 0.5) is 0 Å². The second-order valence-corrected chi connectivity index (χ2v) is 4.44. The van der Waals surface area contributed by atoms with E-state index in [1.807, 2.05) is 32.0 Å². The van der Waals surface area contributed by atoms with Gasteiger partial charge in [-0.2, -0.15) is 0 Å². The van der Waals surface area contributed by atoms with Crippen molar-refractivity contribution in [2.45, 2.75) is 32.6 Å². The van der Waals surface area contributed by atoms with Crippen molar-refractivity contribution < 1.29 is 19.0 Å². The summed E-state index contributed by atoms with van der Waals surface area (Å²) in [4.78, 5) is 11.5. The molecule has 1 aliphatic rings. The normalized spacial score (nSPS) is 14.3. The van der Waals surface area contributed by atoms with Gasteiger partial charge < -0.3 is 14.2 Å². The Hall–Kier alpha value is -1.71. The zero-order chi connectivity index (χ0) is 13.0. The molecule has 98 valence electrons. The van der Waals surface area contributed by atoms with Crippen molar-refractivity contribution in [3.63, 3.8) is 0 Å². The van der Waals surface area contributed by atoms with Crippen LogP contribution in [0.5, 0.6) is 11.5 Å². The van der Waals surface area contributed by atoms with Gasteiger partial charge in [0.15, 0.2) is 11.5 Å². The van der Waals surface area contributed by atoms with E-state index in [1.165, 1.54) is 0 Å². The molecule has 1 atom stereocenters. The second kappa shape index (κ2) is 5.76. The van der Waals surface area contributed by atoms with E-state index in [4.69, 9.17) is 14.2 Å². The highest BCUT2D eigenvalue weighted by Crippen LogP contribution is 2.35. The Kier molecular flexibility index (Phi) is 4.07. The highest BCUT2D eigenvalue weighted by Gasteiger charge is 2.17. The minimum atomic E-state index is -0.151. The first kappa shape index (κ1) is 12.7. The van der Waals surface area contributed by atoms with E-state index in [0.29, 0.717) is 13.0 Å². The van der Waals surface area contributed by atoms with Crippen LogP contribution >= 0.6 is 0 Å². The molecule has 0 radical (unpaired) electrons. The fourth-order valence-corrected chi connectivity index (χ4v) is 1.86. The summed E-state index contributed by atoms with van der Waals surface area (Å²) in [6.07, 6.45) is 1.24. The van der Waals surface area contributed by atoms with Gasteiger partial charge in [0, 0.05) is 0 Å². The standard InChI is InChI=1S/C14H18O4/c1-3-6-16-14(15)7-10(2)11-4-5-12-13(8-11)18-9-17-12/h4-5,8,10H,3,6-7,9H2,1-2H3. The molecule has 1 unspecified atom stereocenters. The van der Waals surface area contributed by atoms with Crippen molar-refractivity contribution in [2.24, 2.45) is 0 Å². The zero-order valence-electron chi connectivity index (χ0n) is 10.8. The number of carbonyl (C=O) groups excluding carboxylic acids is 1. The summed E-state index contributed by atoms with van der Waals surface area (Å²) in [5.41, 5.74) is 1.06. The van der Waals surface area contributed by atoms with Crippen LogP contribution < -0.4 is 9.47 Å². The minimum absolute atomic E-state index is 0.115. The number of ether oxygens (including phenoxy) is 3. The van der Waals surface area contributed by atoms with Gasteiger partial charge >= 0.3 is 5.97 Å². The lowest BCUT2D eigenvalue weighted by atomic mass is 9.97. The van der Waals surface area contributed by atoms with Crippen LogP contribution in [0.25, 0.3) is 0 Å². The first-order valence-corrected chi connectivity index (χ1v) is 6.26. The molecule has 0 aliphatic carbocycles. The Balaban J connectivity index is 1.96. The van der Waals surface area contributed by atoms with Gasteiger partial charge in [0.05, 0.1) is 13.0 Å². The number of carbonyl (C=O) groups is 1. The van der Waals surface area contributed by atoms with Crippen molar-refractivity contribution in [1.29, 1.82) is 0 Å². The Bertz CT molecular complexity index is 428. The first-order chi connectivity index (χ1) is 8.70. The molecule has 0 N–H and O–H groups in total. The molecule has 1 heterocycles. The van der Waals surface area contributed by atoms with Gasteiger partial charge in [-0.15, -0.1) is 0 Å². The predicted molar refractivity (Wildman–Crippen MR) is 66.8 cm³/mol. The zero-order valence-corrected chi connectivity index (χ0v) is 10.8. The third kappa shape index (κ3) is 2.94. The molecular weight excluding hydrogens is 232 g/mol. The summed E-state index contributed by atoms with van der Waals surface area (Å²) in [5.74, 6) is 1.48. The fourth-order valence-electron chi connectivity index (χ4n) is 1.86. The Morgan fingerprint density at radius 3 is 2.94 bits per heavy atom. The van der Waals surface area contributed by atoms with E-state index in [9.17, 15) is 4.79 Å². The average Bonchev–Trinajstić information content (AvgIpc) is 2.83. The summed E-state index contributed by atoms with van der Waals surface area (Å²) >= 11 is 0. The van der Waals surface area contributed by atoms with E-state index in [2.05, 4.69) is 0 Å². The molecule has 1 aromatic rings. The monoisotopic (exact) mass is 250 g/mol. The fraction of sp³-hybridized carbons (Fsp3) is 0.500. The van der Waals surface area contributed by atoms with Crippen molar-refractivity contribution in [3.8, 4) is 11.5 Å². The van der Waals surface area contributed by atoms with E-state index in [0.717, 1.165) is 23.5 Å². The van der Waals surface area contributed by atoms with Crippen LogP contribution in [0.1, 0.15) is 38.2 Å². The molecule has 2 rings (SSSR count). The molecule has 4 nitrogen and oxygen atoms in total. The largest absolute Gasteiger partial charge is 0.466 e. The van der Waals surface area contributed by atoms with Gasteiger partial charge in [-0.05, 0) is 30.0 Å². The van der Waals surface area contributed by atoms with Crippen LogP contribution in [0, 0.1) is 0 Å². The third-order valence-electron chi connectivity index (χ3n) is 2.91. The highest BCUT2D eigenvalue weighted by molar-refractivity contribution is 5.70. The molecule has 18 heavy (non-hydrogen) atoms. The molecule has 0 amide bonds. The smallest absolute Gasteiger partial charge is 0.306 e. The van der Waals surface area contributed by atoms with Crippen molar-refractivity contribution in [2.75, 3.05) is 13.4 Å². The Morgan fingerprint density at radius 2 is 2.17 bits per heavy atom. The first-order valence-electron chi connectivity index (χ1n) is 6.26. The summed E-state index contributed by atoms with van der Waals surface area (Å²) in [5, 5.41) is 0. The molecule has 1 aliphatic heterocycles. The quantitative estimate of drug-likeness (QED) is 0.754. The van der Waals surface area contributed by atoms with Gasteiger partial charge in [0.2, 0.25) is 6.79 Å². The highest BCUT2D eigenvalue weighted by atomic mass is 16.7. The third-order valence-corrected chi connectivity index (χ3v) is 2.91. The lowest BCUT2D eigenvalue weighted by Crippen LogP contribution is -2.09. The molecule has 0 bridgehead atoms. The van der Waals surface area contributed by atoms with Crippen LogP contribution in [0.2, 0.25) is 0 Å². The number of rotatable bonds is 5. The summed E-state index contributed by atoms with van der Waals surface area (Å²) in [7, 11) is 0. The van der Waals surface area contributed by atoms with E-state index < -0.39 is 0 Å². The molecule has 0 spiro atoms. The minimum Gasteiger partial charge on any atom is -0.466 e. The summed E-state index contributed by atoms with van der Waals surface area (Å²) < 4.78 is 15.7. The molecule has 4 heteroatoms. The van der Waals surface area contributed by atoms with Gasteiger partial charge in [-0.1, -0.05) is 19.9 Å². The topological polar surface area (TPSA) is 44.8 Å². The van der Waals surface area contributed by atoms with Gasteiger partial charge in [-0.3, -0.25) is 4.79 Å². The predicted octanol–water partition coefficient (Wildman–Crippen LogP) is 2.86. The van der Waals surface area contributed by atoms with E-state index in [-0.39, 0.29) is 18.7 Å². The van der Waals surface area contributed by atoms with Crippen molar-refractivity contribution >= 4 is 5.97 Å².